The molecule has 1 aromatic rings. The molecule has 0 aliphatic carbocycles. The summed E-state index contributed by atoms with van der Waals surface area (Å²) in [5, 5.41) is 3.24. The van der Waals surface area contributed by atoms with Crippen molar-refractivity contribution in [1.29, 1.82) is 0 Å². The Labute approximate surface area is 124 Å². The van der Waals surface area contributed by atoms with Crippen LogP contribution in [0.25, 0.3) is 0 Å². The van der Waals surface area contributed by atoms with Gasteiger partial charge in [0.2, 0.25) is 16.0 Å². The number of hydrogen-bond donors (Lipinski definition) is 1. The zero-order valence-corrected chi connectivity index (χ0v) is 12.8. The highest BCUT2D eigenvalue weighted by Gasteiger charge is 2.48. The van der Waals surface area contributed by atoms with Gasteiger partial charge in [-0.15, -0.1) is 0 Å². The summed E-state index contributed by atoms with van der Waals surface area (Å²) in [6.07, 6.45) is 4.90. The van der Waals surface area contributed by atoms with Gasteiger partial charge in [0.05, 0.1) is 24.0 Å². The lowest BCUT2D eigenvalue weighted by atomic mass is 9.97. The number of hydrogen-bond acceptors (Lipinski definition) is 6. The van der Waals surface area contributed by atoms with Crippen molar-refractivity contribution in [1.82, 2.24) is 14.3 Å². The van der Waals surface area contributed by atoms with E-state index in [1.54, 1.807) is 29.7 Å². The van der Waals surface area contributed by atoms with Gasteiger partial charge >= 0.3 is 0 Å². The molecule has 0 radical (unpaired) electrons. The lowest BCUT2D eigenvalue weighted by Gasteiger charge is -2.23. The molecule has 1 N–H and O–H groups in total. The molecule has 116 valence electrons. The van der Waals surface area contributed by atoms with Crippen LogP contribution in [0.4, 0.5) is 5.95 Å². The van der Waals surface area contributed by atoms with Gasteiger partial charge in [0.1, 0.15) is 0 Å². The summed E-state index contributed by atoms with van der Waals surface area (Å²) in [7, 11) is -3.13. The number of aromatic nitrogens is 2. The van der Waals surface area contributed by atoms with Crippen molar-refractivity contribution in [2.45, 2.75) is 31.4 Å². The van der Waals surface area contributed by atoms with Crippen molar-refractivity contribution < 1.29 is 13.2 Å². The molecule has 0 saturated carbocycles. The van der Waals surface area contributed by atoms with Crippen LogP contribution < -0.4 is 5.32 Å². The monoisotopic (exact) mass is 312 g/mol. The average Bonchev–Trinajstić information content (AvgIpc) is 3.08. The second-order valence-electron chi connectivity index (χ2n) is 5.60. The SMILES string of the molecule is CCS(=O)(=O)N1CC[C@]2(C[C@@H](Nc3ncccn3)CO2)C1. The van der Waals surface area contributed by atoms with Crippen molar-refractivity contribution in [3.05, 3.63) is 18.5 Å². The maximum atomic E-state index is 11.9. The topological polar surface area (TPSA) is 84.4 Å². The Bertz CT molecular complexity index is 595. The van der Waals surface area contributed by atoms with E-state index in [-0.39, 0.29) is 17.4 Å². The zero-order chi connectivity index (χ0) is 14.9. The van der Waals surface area contributed by atoms with Gasteiger partial charge in [-0.2, -0.15) is 4.31 Å². The molecule has 3 heterocycles. The quantitative estimate of drug-likeness (QED) is 0.870. The van der Waals surface area contributed by atoms with Crippen LogP contribution in [0.3, 0.4) is 0 Å². The second-order valence-corrected chi connectivity index (χ2v) is 7.85. The molecule has 0 amide bonds. The first-order valence-corrected chi connectivity index (χ1v) is 8.79. The molecule has 1 spiro atoms. The molecule has 1 aromatic heterocycles. The number of ether oxygens (including phenoxy) is 1. The summed E-state index contributed by atoms with van der Waals surface area (Å²) in [6.45, 7) is 3.23. The predicted molar refractivity (Wildman–Crippen MR) is 78.4 cm³/mol. The van der Waals surface area contributed by atoms with Gasteiger partial charge in [0.15, 0.2) is 0 Å². The number of nitrogens with one attached hydrogen (secondary N) is 1. The van der Waals surface area contributed by atoms with Crippen LogP contribution in [-0.2, 0) is 14.8 Å². The first-order chi connectivity index (χ1) is 10.0. The molecular weight excluding hydrogens is 292 g/mol. The van der Waals surface area contributed by atoms with E-state index in [4.69, 9.17) is 4.74 Å². The van der Waals surface area contributed by atoms with Crippen molar-refractivity contribution in [2.75, 3.05) is 30.8 Å². The summed E-state index contributed by atoms with van der Waals surface area (Å²) in [5.41, 5.74) is -0.352. The molecule has 0 bridgehead atoms. The molecule has 2 aliphatic rings. The molecule has 0 aromatic carbocycles. The summed E-state index contributed by atoms with van der Waals surface area (Å²) in [6, 6.07) is 1.89. The molecule has 2 saturated heterocycles. The zero-order valence-electron chi connectivity index (χ0n) is 12.0. The molecule has 3 rings (SSSR count). The van der Waals surface area contributed by atoms with E-state index in [1.807, 2.05) is 0 Å². The summed E-state index contributed by atoms with van der Waals surface area (Å²) in [5.74, 6) is 0.724. The Morgan fingerprint density at radius 3 is 2.95 bits per heavy atom. The summed E-state index contributed by atoms with van der Waals surface area (Å²) >= 11 is 0. The summed E-state index contributed by atoms with van der Waals surface area (Å²) < 4.78 is 31.4. The smallest absolute Gasteiger partial charge is 0.222 e. The van der Waals surface area contributed by atoms with Crippen LogP contribution in [0.5, 0.6) is 0 Å². The fourth-order valence-corrected chi connectivity index (χ4v) is 4.17. The Hall–Kier alpha value is -1.25. The minimum atomic E-state index is -3.13. The lowest BCUT2D eigenvalue weighted by molar-refractivity contribution is 0.0173. The third-order valence-electron chi connectivity index (χ3n) is 4.15. The largest absolute Gasteiger partial charge is 0.371 e. The van der Waals surface area contributed by atoms with E-state index in [0.29, 0.717) is 25.6 Å². The lowest BCUT2D eigenvalue weighted by Crippen LogP contribution is -2.37. The van der Waals surface area contributed by atoms with Gasteiger partial charge < -0.3 is 10.1 Å². The summed E-state index contributed by atoms with van der Waals surface area (Å²) in [4.78, 5) is 8.28. The normalized spacial score (nSPS) is 30.0. The highest BCUT2D eigenvalue weighted by Crippen LogP contribution is 2.36. The van der Waals surface area contributed by atoms with Gasteiger partial charge in [-0.1, -0.05) is 0 Å². The van der Waals surface area contributed by atoms with Gasteiger partial charge in [0.25, 0.3) is 0 Å². The van der Waals surface area contributed by atoms with E-state index >= 15 is 0 Å². The molecule has 7 nitrogen and oxygen atoms in total. The molecule has 2 fully saturated rings. The van der Waals surface area contributed by atoms with Crippen LogP contribution >= 0.6 is 0 Å². The molecule has 2 aliphatic heterocycles. The van der Waals surface area contributed by atoms with Crippen molar-refractivity contribution in [3.8, 4) is 0 Å². The highest BCUT2D eigenvalue weighted by atomic mass is 32.2. The van der Waals surface area contributed by atoms with Crippen LogP contribution in [-0.4, -0.2) is 59.8 Å². The first kappa shape index (κ1) is 14.7. The van der Waals surface area contributed by atoms with Crippen LogP contribution in [0.15, 0.2) is 18.5 Å². The van der Waals surface area contributed by atoms with E-state index in [2.05, 4.69) is 15.3 Å². The molecular formula is C13H20N4O3S. The molecule has 21 heavy (non-hydrogen) atoms. The maximum Gasteiger partial charge on any atom is 0.222 e. The third kappa shape index (κ3) is 3.02. The average molecular weight is 312 g/mol. The van der Waals surface area contributed by atoms with Crippen LogP contribution in [0.1, 0.15) is 19.8 Å². The first-order valence-electron chi connectivity index (χ1n) is 7.18. The van der Waals surface area contributed by atoms with E-state index in [9.17, 15) is 8.42 Å². The van der Waals surface area contributed by atoms with Gasteiger partial charge in [-0.05, 0) is 19.4 Å². The molecule has 0 unspecified atom stereocenters. The predicted octanol–water partition coefficient (Wildman–Crippen LogP) is 0.472. The minimum absolute atomic E-state index is 0.122. The van der Waals surface area contributed by atoms with Crippen molar-refractivity contribution in [2.24, 2.45) is 0 Å². The van der Waals surface area contributed by atoms with Crippen molar-refractivity contribution in [3.63, 3.8) is 0 Å². The number of nitrogens with zero attached hydrogens (tertiary/aromatic N) is 3. The van der Waals surface area contributed by atoms with Crippen molar-refractivity contribution >= 4 is 16.0 Å². The molecule has 8 heteroatoms. The fraction of sp³-hybridized carbons (Fsp3) is 0.692. The van der Waals surface area contributed by atoms with Crippen LogP contribution in [0.2, 0.25) is 0 Å². The fourth-order valence-electron chi connectivity index (χ4n) is 3.01. The highest BCUT2D eigenvalue weighted by molar-refractivity contribution is 7.89. The maximum absolute atomic E-state index is 11.9. The Morgan fingerprint density at radius 2 is 2.24 bits per heavy atom. The standard InChI is InChI=1S/C13H20N4O3S/c1-2-21(18,19)17-7-4-13(10-17)8-11(9-20-13)16-12-14-5-3-6-15-12/h3,5-6,11H,2,4,7-10H2,1H3,(H,14,15,16)/t11-,13+/m1/s1. The minimum Gasteiger partial charge on any atom is -0.371 e. The van der Waals surface area contributed by atoms with E-state index < -0.39 is 10.0 Å². The third-order valence-corrected chi connectivity index (χ3v) is 5.98. The van der Waals surface area contributed by atoms with E-state index in [0.717, 1.165) is 12.8 Å². The number of sulfonamides is 1. The number of rotatable bonds is 4. The van der Waals surface area contributed by atoms with Gasteiger partial charge in [-0.3, -0.25) is 0 Å². The van der Waals surface area contributed by atoms with E-state index in [1.165, 1.54) is 0 Å². The number of anilines is 1. The second kappa shape index (κ2) is 5.51. The molecule has 2 atom stereocenters. The van der Waals surface area contributed by atoms with Crippen LogP contribution in [0, 0.1) is 0 Å². The Balaban J connectivity index is 1.62. The Kier molecular flexibility index (Phi) is 3.85. The Morgan fingerprint density at radius 1 is 1.48 bits per heavy atom. The van der Waals surface area contributed by atoms with Gasteiger partial charge in [0, 0.05) is 31.9 Å². The van der Waals surface area contributed by atoms with Gasteiger partial charge in [-0.25, -0.2) is 18.4 Å².